The van der Waals surface area contributed by atoms with E-state index in [-0.39, 0.29) is 30.7 Å². The molecule has 0 heterocycles. The maximum absolute atomic E-state index is 12.5. The molecule has 0 aliphatic carbocycles. The van der Waals surface area contributed by atoms with E-state index in [4.69, 9.17) is 25.7 Å². The fourth-order valence-electron chi connectivity index (χ4n) is 4.17. The maximum Gasteiger partial charge on any atom is 0.236 e. The number of amides is 2. The second kappa shape index (κ2) is 16.4. The van der Waals surface area contributed by atoms with Crippen molar-refractivity contribution in [1.82, 2.24) is 5.32 Å². The molecule has 6 N–H and O–H groups in total. The number of ether oxygens (including phenoxy) is 3. The number of rotatable bonds is 18. The van der Waals surface area contributed by atoms with Crippen molar-refractivity contribution in [1.29, 1.82) is 0 Å². The molecule has 0 spiro atoms. The average molecular weight is 510 g/mol. The third-order valence-electron chi connectivity index (χ3n) is 6.56. The van der Waals surface area contributed by atoms with Gasteiger partial charge in [0, 0.05) is 32.1 Å². The zero-order chi connectivity index (χ0) is 27.3. The van der Waals surface area contributed by atoms with Crippen molar-refractivity contribution in [2.45, 2.75) is 65.5 Å². The molecule has 0 aliphatic heterocycles. The van der Waals surface area contributed by atoms with Gasteiger partial charge in [-0.15, -0.1) is 0 Å². The number of nitrogens with two attached hydrogens (primary N) is 2. The lowest BCUT2D eigenvalue weighted by Gasteiger charge is -2.30. The van der Waals surface area contributed by atoms with E-state index in [0.29, 0.717) is 37.1 Å². The molecule has 1 rings (SSSR count). The van der Waals surface area contributed by atoms with Crippen LogP contribution in [0.4, 0.5) is 0 Å². The van der Waals surface area contributed by atoms with Crippen molar-refractivity contribution in [3.8, 4) is 11.5 Å². The fourth-order valence-corrected chi connectivity index (χ4v) is 4.17. The summed E-state index contributed by atoms with van der Waals surface area (Å²) in [6.07, 6.45) is 1.51. The first kappa shape index (κ1) is 31.7. The summed E-state index contributed by atoms with van der Waals surface area (Å²) in [7, 11) is 3.28. The summed E-state index contributed by atoms with van der Waals surface area (Å²) in [6.45, 7) is 9.03. The van der Waals surface area contributed by atoms with E-state index in [9.17, 15) is 14.7 Å². The number of nitrogens with one attached hydrogen (secondary N) is 1. The molecular weight excluding hydrogens is 462 g/mol. The number of primary amides is 1. The lowest BCUT2D eigenvalue weighted by Crippen LogP contribution is -2.44. The molecule has 1 aromatic rings. The van der Waals surface area contributed by atoms with Gasteiger partial charge in [0.2, 0.25) is 11.8 Å². The first-order chi connectivity index (χ1) is 17.0. The number of methoxy groups -OCH3 is 2. The molecule has 0 bridgehead atoms. The Balaban J connectivity index is 2.85. The Labute approximate surface area is 216 Å². The molecule has 206 valence electrons. The van der Waals surface area contributed by atoms with Crippen LogP contribution >= 0.6 is 0 Å². The van der Waals surface area contributed by atoms with Gasteiger partial charge in [0.1, 0.15) is 0 Å². The van der Waals surface area contributed by atoms with Crippen LogP contribution in [-0.2, 0) is 20.7 Å². The van der Waals surface area contributed by atoms with E-state index in [0.717, 1.165) is 18.4 Å². The second-order valence-electron chi connectivity index (χ2n) is 10.1. The van der Waals surface area contributed by atoms with Crippen LogP contribution in [0.25, 0.3) is 0 Å². The standard InChI is InChI=1S/C27H47N3O6/c1-17(2)20(12-19-8-9-24(35-6)25(13-19)36-11-7-10-34-5)14-22(28)23(31)15-21(18(3)4)27(33)30-16-26(29)32/h8-9,13,17-18,20-23,31H,7,10-12,14-16,28H2,1-6H3,(H2,29,32)(H,30,33)/t20-,21-,22-,23-/m0/s1. The third-order valence-corrected chi connectivity index (χ3v) is 6.56. The molecule has 9 nitrogen and oxygen atoms in total. The number of hydrogen-bond donors (Lipinski definition) is 4. The number of carbonyl (C=O) groups is 2. The highest BCUT2D eigenvalue weighted by Crippen LogP contribution is 2.31. The molecular formula is C27H47N3O6. The molecule has 2 amide bonds. The number of aliphatic hydroxyl groups excluding tert-OH is 1. The van der Waals surface area contributed by atoms with Gasteiger partial charge >= 0.3 is 0 Å². The molecule has 36 heavy (non-hydrogen) atoms. The molecule has 0 radical (unpaired) electrons. The molecule has 0 saturated heterocycles. The maximum atomic E-state index is 12.5. The lowest BCUT2D eigenvalue weighted by molar-refractivity contribution is -0.129. The summed E-state index contributed by atoms with van der Waals surface area (Å²) in [4.78, 5) is 23.5. The molecule has 1 aromatic carbocycles. The Hall–Kier alpha value is -2.36. The van der Waals surface area contributed by atoms with Crippen LogP contribution in [0.3, 0.4) is 0 Å². The number of benzene rings is 1. The zero-order valence-electron chi connectivity index (χ0n) is 22.8. The van der Waals surface area contributed by atoms with Gasteiger partial charge in [-0.1, -0.05) is 33.8 Å². The van der Waals surface area contributed by atoms with E-state index in [1.54, 1.807) is 14.2 Å². The smallest absolute Gasteiger partial charge is 0.236 e. The Bertz CT molecular complexity index is 802. The van der Waals surface area contributed by atoms with E-state index in [2.05, 4.69) is 19.2 Å². The van der Waals surface area contributed by atoms with E-state index < -0.39 is 24.0 Å². The number of aliphatic hydroxyl groups is 1. The van der Waals surface area contributed by atoms with E-state index in [1.807, 2.05) is 32.0 Å². The van der Waals surface area contributed by atoms with Crippen LogP contribution in [0, 0.1) is 23.7 Å². The fraction of sp³-hybridized carbons (Fsp3) is 0.704. The van der Waals surface area contributed by atoms with Gasteiger partial charge in [0.15, 0.2) is 11.5 Å². The highest BCUT2D eigenvalue weighted by Gasteiger charge is 2.30. The minimum atomic E-state index is -0.853. The summed E-state index contributed by atoms with van der Waals surface area (Å²) in [6, 6.07) is 5.44. The summed E-state index contributed by atoms with van der Waals surface area (Å²) in [5.41, 5.74) is 12.7. The Morgan fingerprint density at radius 2 is 1.72 bits per heavy atom. The van der Waals surface area contributed by atoms with Crippen LogP contribution < -0.4 is 26.3 Å². The van der Waals surface area contributed by atoms with Gasteiger partial charge in [-0.2, -0.15) is 0 Å². The third kappa shape index (κ3) is 11.1. The first-order valence-corrected chi connectivity index (χ1v) is 12.8. The van der Waals surface area contributed by atoms with Crippen LogP contribution in [-0.4, -0.2) is 63.0 Å². The zero-order valence-corrected chi connectivity index (χ0v) is 22.8. The molecule has 0 fully saturated rings. The van der Waals surface area contributed by atoms with Crippen LogP contribution in [0.2, 0.25) is 0 Å². The second-order valence-corrected chi connectivity index (χ2v) is 10.1. The summed E-state index contributed by atoms with van der Waals surface area (Å²) < 4.78 is 16.4. The minimum absolute atomic E-state index is 0.0257. The SMILES string of the molecule is COCCCOc1cc(C[C@@H](C[C@H](N)[C@@H](O)C[C@H](C(=O)NCC(N)=O)C(C)C)C(C)C)ccc1OC. The highest BCUT2D eigenvalue weighted by atomic mass is 16.5. The van der Waals surface area contributed by atoms with Crippen LogP contribution in [0.5, 0.6) is 11.5 Å². The van der Waals surface area contributed by atoms with Gasteiger partial charge in [-0.3, -0.25) is 9.59 Å². The molecule has 0 saturated carbocycles. The predicted molar refractivity (Wildman–Crippen MR) is 141 cm³/mol. The Kier molecular flexibility index (Phi) is 14.4. The molecule has 4 atom stereocenters. The first-order valence-electron chi connectivity index (χ1n) is 12.8. The lowest BCUT2D eigenvalue weighted by atomic mass is 9.81. The largest absolute Gasteiger partial charge is 0.493 e. The average Bonchev–Trinajstić information content (AvgIpc) is 2.82. The van der Waals surface area contributed by atoms with Crippen LogP contribution in [0.15, 0.2) is 18.2 Å². The number of hydrogen-bond acceptors (Lipinski definition) is 7. The van der Waals surface area contributed by atoms with Gasteiger partial charge < -0.3 is 36.1 Å². The van der Waals surface area contributed by atoms with Crippen molar-refractivity contribution in [3.63, 3.8) is 0 Å². The summed E-state index contributed by atoms with van der Waals surface area (Å²) in [5.74, 6) is 0.515. The van der Waals surface area contributed by atoms with Gasteiger partial charge in [-0.05, 0) is 54.7 Å². The van der Waals surface area contributed by atoms with Crippen molar-refractivity contribution >= 4 is 11.8 Å². The Morgan fingerprint density at radius 1 is 1.03 bits per heavy atom. The predicted octanol–water partition coefficient (Wildman–Crippen LogP) is 2.27. The van der Waals surface area contributed by atoms with Gasteiger partial charge in [0.05, 0.1) is 26.4 Å². The van der Waals surface area contributed by atoms with E-state index >= 15 is 0 Å². The quantitative estimate of drug-likeness (QED) is 0.222. The molecule has 0 aliphatic rings. The molecule has 9 heteroatoms. The molecule has 0 aromatic heterocycles. The Morgan fingerprint density at radius 3 is 2.28 bits per heavy atom. The minimum Gasteiger partial charge on any atom is -0.493 e. The normalized spacial score (nSPS) is 14.8. The summed E-state index contributed by atoms with van der Waals surface area (Å²) >= 11 is 0. The van der Waals surface area contributed by atoms with Crippen LogP contribution in [0.1, 0.15) is 52.5 Å². The number of carbonyl (C=O) groups excluding carboxylic acids is 2. The van der Waals surface area contributed by atoms with Crippen molar-refractivity contribution in [3.05, 3.63) is 23.8 Å². The monoisotopic (exact) mass is 509 g/mol. The van der Waals surface area contributed by atoms with E-state index in [1.165, 1.54) is 0 Å². The van der Waals surface area contributed by atoms with Gasteiger partial charge in [0.25, 0.3) is 0 Å². The van der Waals surface area contributed by atoms with Crippen molar-refractivity contribution in [2.75, 3.05) is 34.0 Å². The summed E-state index contributed by atoms with van der Waals surface area (Å²) in [5, 5.41) is 13.4. The van der Waals surface area contributed by atoms with Crippen molar-refractivity contribution < 1.29 is 28.9 Å². The highest BCUT2D eigenvalue weighted by molar-refractivity contribution is 5.85. The van der Waals surface area contributed by atoms with Gasteiger partial charge in [-0.25, -0.2) is 0 Å². The molecule has 0 unspecified atom stereocenters. The topological polar surface area (TPSA) is 146 Å². The van der Waals surface area contributed by atoms with Crippen molar-refractivity contribution in [2.24, 2.45) is 35.1 Å².